The van der Waals surface area contributed by atoms with Gasteiger partial charge >= 0.3 is 5.69 Å². The standard InChI is InChI=1S/C11H16BrN5O2/c1-15-2-3-16(8(4-13)7-15)11-9(12)5-14-6-10(11)17(18)19/h5-6,8H,2-4,7,13H2,1H3. The van der Waals surface area contributed by atoms with E-state index in [1.54, 1.807) is 6.20 Å². The fourth-order valence-corrected chi connectivity index (χ4v) is 2.89. The van der Waals surface area contributed by atoms with E-state index in [2.05, 4.69) is 25.8 Å². The first kappa shape index (κ1) is 14.2. The zero-order valence-corrected chi connectivity index (χ0v) is 12.2. The number of hydrogen-bond donors (Lipinski definition) is 1. The summed E-state index contributed by atoms with van der Waals surface area (Å²) in [4.78, 5) is 18.8. The van der Waals surface area contributed by atoms with Crippen LogP contribution in [-0.4, -0.2) is 54.1 Å². The van der Waals surface area contributed by atoms with Gasteiger partial charge in [0.1, 0.15) is 11.9 Å². The van der Waals surface area contributed by atoms with E-state index >= 15 is 0 Å². The van der Waals surface area contributed by atoms with Crippen LogP contribution >= 0.6 is 15.9 Å². The smallest absolute Gasteiger partial charge is 0.311 e. The van der Waals surface area contributed by atoms with Crippen molar-refractivity contribution in [1.82, 2.24) is 9.88 Å². The van der Waals surface area contributed by atoms with E-state index < -0.39 is 4.92 Å². The molecule has 1 aromatic rings. The molecule has 2 heterocycles. The molecule has 104 valence electrons. The third-order valence-corrected chi connectivity index (χ3v) is 3.88. The topological polar surface area (TPSA) is 88.5 Å². The van der Waals surface area contributed by atoms with E-state index in [4.69, 9.17) is 5.73 Å². The van der Waals surface area contributed by atoms with Gasteiger partial charge in [-0.05, 0) is 23.0 Å². The Labute approximate surface area is 119 Å². The normalized spacial score (nSPS) is 20.6. The number of nitro groups is 1. The van der Waals surface area contributed by atoms with Crippen molar-refractivity contribution in [3.8, 4) is 0 Å². The third kappa shape index (κ3) is 2.85. The molecule has 1 aliphatic rings. The van der Waals surface area contributed by atoms with Gasteiger partial charge in [-0.25, -0.2) is 0 Å². The number of rotatable bonds is 3. The van der Waals surface area contributed by atoms with E-state index in [9.17, 15) is 10.1 Å². The molecule has 0 amide bonds. The lowest BCUT2D eigenvalue weighted by molar-refractivity contribution is -0.384. The quantitative estimate of drug-likeness (QED) is 0.652. The first-order chi connectivity index (χ1) is 9.04. The van der Waals surface area contributed by atoms with Gasteiger partial charge in [0.05, 0.1) is 15.4 Å². The number of nitrogens with two attached hydrogens (primary N) is 1. The number of piperazine rings is 1. The van der Waals surface area contributed by atoms with Crippen molar-refractivity contribution in [3.05, 3.63) is 27.0 Å². The summed E-state index contributed by atoms with van der Waals surface area (Å²) in [5.74, 6) is 0. The second-order valence-corrected chi connectivity index (χ2v) is 5.45. The molecule has 8 heteroatoms. The van der Waals surface area contributed by atoms with Crippen molar-refractivity contribution in [2.45, 2.75) is 6.04 Å². The Bertz CT molecular complexity index is 484. The predicted molar refractivity (Wildman–Crippen MR) is 76.3 cm³/mol. The first-order valence-electron chi connectivity index (χ1n) is 5.97. The Morgan fingerprint density at radius 3 is 2.95 bits per heavy atom. The minimum Gasteiger partial charge on any atom is -0.358 e. The minimum absolute atomic E-state index is 0.0115. The molecule has 1 fully saturated rings. The molecule has 1 saturated heterocycles. The van der Waals surface area contributed by atoms with Gasteiger partial charge < -0.3 is 15.5 Å². The maximum absolute atomic E-state index is 11.2. The summed E-state index contributed by atoms with van der Waals surface area (Å²) in [6, 6.07) is 0.0659. The van der Waals surface area contributed by atoms with Crippen molar-refractivity contribution < 1.29 is 4.92 Å². The summed E-state index contributed by atoms with van der Waals surface area (Å²) in [5.41, 5.74) is 6.38. The number of pyridine rings is 1. The molecule has 1 aromatic heterocycles. The molecule has 1 atom stereocenters. The first-order valence-corrected chi connectivity index (χ1v) is 6.77. The Balaban J connectivity index is 2.42. The number of anilines is 1. The molecule has 0 radical (unpaired) electrons. The van der Waals surface area contributed by atoms with E-state index in [1.807, 2.05) is 11.9 Å². The number of aromatic nitrogens is 1. The Morgan fingerprint density at radius 1 is 1.58 bits per heavy atom. The molecule has 0 bridgehead atoms. The van der Waals surface area contributed by atoms with Gasteiger partial charge in [-0.1, -0.05) is 0 Å². The van der Waals surface area contributed by atoms with Crippen molar-refractivity contribution in [1.29, 1.82) is 0 Å². The van der Waals surface area contributed by atoms with Gasteiger partial charge in [0, 0.05) is 32.4 Å². The Kier molecular flexibility index (Phi) is 4.33. The second-order valence-electron chi connectivity index (χ2n) is 4.59. The molecule has 2 N–H and O–H groups in total. The van der Waals surface area contributed by atoms with Gasteiger partial charge in [0.25, 0.3) is 0 Å². The van der Waals surface area contributed by atoms with Crippen LogP contribution in [0.15, 0.2) is 16.9 Å². The van der Waals surface area contributed by atoms with E-state index in [1.165, 1.54) is 6.20 Å². The minimum atomic E-state index is -0.404. The van der Waals surface area contributed by atoms with Gasteiger partial charge in [0.15, 0.2) is 0 Å². The lowest BCUT2D eigenvalue weighted by atomic mass is 10.1. The number of nitrogens with zero attached hydrogens (tertiary/aromatic N) is 4. The maximum atomic E-state index is 11.2. The highest BCUT2D eigenvalue weighted by atomic mass is 79.9. The van der Waals surface area contributed by atoms with E-state index in [0.717, 1.165) is 13.1 Å². The summed E-state index contributed by atoms with van der Waals surface area (Å²) in [5, 5.41) is 11.2. The predicted octanol–water partition coefficient (Wildman–Crippen LogP) is 0.831. The van der Waals surface area contributed by atoms with Crippen molar-refractivity contribution >= 4 is 27.3 Å². The SMILES string of the molecule is CN1CCN(c2c(Br)cncc2[N+](=O)[O-])C(CN)C1. The fraction of sp³-hybridized carbons (Fsp3) is 0.545. The van der Waals surface area contributed by atoms with Gasteiger partial charge in [0.2, 0.25) is 0 Å². The number of likely N-dealkylation sites (N-methyl/N-ethyl adjacent to an activating group) is 1. The highest BCUT2D eigenvalue weighted by molar-refractivity contribution is 9.10. The summed E-state index contributed by atoms with van der Waals surface area (Å²) >= 11 is 3.36. The maximum Gasteiger partial charge on any atom is 0.311 e. The molecule has 1 unspecified atom stereocenters. The number of hydrogen-bond acceptors (Lipinski definition) is 6. The molecule has 0 saturated carbocycles. The number of halogens is 1. The van der Waals surface area contributed by atoms with Crippen molar-refractivity contribution in [2.24, 2.45) is 5.73 Å². The molecular formula is C11H16BrN5O2. The third-order valence-electron chi connectivity index (χ3n) is 3.30. The summed E-state index contributed by atoms with van der Waals surface area (Å²) in [6.45, 7) is 2.81. The van der Waals surface area contributed by atoms with Gasteiger partial charge in [-0.2, -0.15) is 0 Å². The summed E-state index contributed by atoms with van der Waals surface area (Å²) in [7, 11) is 2.02. The van der Waals surface area contributed by atoms with Crippen LogP contribution in [0, 0.1) is 10.1 Å². The molecule has 19 heavy (non-hydrogen) atoms. The zero-order chi connectivity index (χ0) is 14.0. The summed E-state index contributed by atoms with van der Waals surface area (Å²) < 4.78 is 0.629. The van der Waals surface area contributed by atoms with Crippen LogP contribution in [0.25, 0.3) is 0 Å². The Morgan fingerprint density at radius 2 is 2.32 bits per heavy atom. The van der Waals surface area contributed by atoms with Crippen molar-refractivity contribution in [3.63, 3.8) is 0 Å². The second kappa shape index (κ2) is 5.81. The molecule has 7 nitrogen and oxygen atoms in total. The fourth-order valence-electron chi connectivity index (χ4n) is 2.34. The molecule has 0 spiro atoms. The largest absolute Gasteiger partial charge is 0.358 e. The Hall–Kier alpha value is -1.25. The zero-order valence-electron chi connectivity index (χ0n) is 10.6. The molecule has 0 aromatic carbocycles. The van der Waals surface area contributed by atoms with Crippen molar-refractivity contribution in [2.75, 3.05) is 38.1 Å². The van der Waals surface area contributed by atoms with Crippen LogP contribution < -0.4 is 10.6 Å². The molecule has 0 aliphatic carbocycles. The van der Waals surface area contributed by atoms with Gasteiger partial charge in [-0.15, -0.1) is 0 Å². The van der Waals surface area contributed by atoms with Crippen LogP contribution in [0.2, 0.25) is 0 Å². The van der Waals surface area contributed by atoms with Crippen LogP contribution in [0.5, 0.6) is 0 Å². The van der Waals surface area contributed by atoms with Gasteiger partial charge in [-0.3, -0.25) is 15.1 Å². The van der Waals surface area contributed by atoms with Crippen LogP contribution in [0.4, 0.5) is 11.4 Å². The molecule has 1 aliphatic heterocycles. The average molecular weight is 330 g/mol. The van der Waals surface area contributed by atoms with Crippen LogP contribution in [0.1, 0.15) is 0 Å². The molecular weight excluding hydrogens is 314 g/mol. The van der Waals surface area contributed by atoms with Crippen LogP contribution in [-0.2, 0) is 0 Å². The lowest BCUT2D eigenvalue weighted by Gasteiger charge is -2.40. The highest BCUT2D eigenvalue weighted by Gasteiger charge is 2.31. The van der Waals surface area contributed by atoms with E-state index in [-0.39, 0.29) is 11.7 Å². The van der Waals surface area contributed by atoms with Crippen LogP contribution in [0.3, 0.4) is 0 Å². The summed E-state index contributed by atoms with van der Waals surface area (Å²) in [6.07, 6.45) is 2.86. The monoisotopic (exact) mass is 329 g/mol. The highest BCUT2D eigenvalue weighted by Crippen LogP contribution is 2.36. The average Bonchev–Trinajstić information content (AvgIpc) is 2.38. The van der Waals surface area contributed by atoms with E-state index in [0.29, 0.717) is 23.2 Å². The lowest BCUT2D eigenvalue weighted by Crippen LogP contribution is -2.55. The molecule has 2 rings (SSSR count).